The molecule has 4 nitrogen and oxygen atoms in total. The first-order valence-corrected chi connectivity index (χ1v) is 6.43. The Hall–Kier alpha value is -1.26. The summed E-state index contributed by atoms with van der Waals surface area (Å²) in [4.78, 5) is 2.32. The van der Waals surface area contributed by atoms with E-state index in [1.165, 1.54) is 5.56 Å². The first kappa shape index (κ1) is 14.2. The maximum absolute atomic E-state index is 5.98. The summed E-state index contributed by atoms with van der Waals surface area (Å²) in [5.74, 6) is 0.642. The van der Waals surface area contributed by atoms with Gasteiger partial charge in [0.2, 0.25) is 0 Å². The molecule has 0 aliphatic carbocycles. The van der Waals surface area contributed by atoms with Crippen LogP contribution in [0.4, 0.5) is 0 Å². The monoisotopic (exact) mass is 282 g/mol. The largest absolute Gasteiger partial charge is 0.472 e. The van der Waals surface area contributed by atoms with Crippen molar-refractivity contribution in [3.63, 3.8) is 0 Å². The molecule has 5 heteroatoms. The summed E-state index contributed by atoms with van der Waals surface area (Å²) in [6.07, 6.45) is 2.36. The normalized spacial score (nSPS) is 17.4. The predicted octanol–water partition coefficient (Wildman–Crippen LogP) is 3.03. The van der Waals surface area contributed by atoms with Crippen molar-refractivity contribution in [1.82, 2.24) is 10.1 Å². The summed E-state index contributed by atoms with van der Waals surface area (Å²) >= 11 is 0. The zero-order chi connectivity index (χ0) is 12.5. The van der Waals surface area contributed by atoms with Crippen LogP contribution in [0.2, 0.25) is 0 Å². The average molecular weight is 283 g/mol. The van der Waals surface area contributed by atoms with Crippen molar-refractivity contribution in [2.45, 2.75) is 25.9 Å². The van der Waals surface area contributed by atoms with E-state index in [9.17, 15) is 0 Å². The highest BCUT2D eigenvalue weighted by atomic mass is 35.5. The van der Waals surface area contributed by atoms with Crippen molar-refractivity contribution in [3.8, 4) is 5.88 Å². The maximum atomic E-state index is 5.98. The minimum Gasteiger partial charge on any atom is -0.472 e. The summed E-state index contributed by atoms with van der Waals surface area (Å²) in [6, 6.07) is 6.03. The minimum absolute atomic E-state index is 0. The number of benzene rings is 1. The number of likely N-dealkylation sites (tertiary alicyclic amines) is 1. The molecule has 0 amide bonds. The lowest BCUT2D eigenvalue weighted by Gasteiger charge is -2.28. The SMILES string of the molecule is Cc1ccc2onc(OC3CCN(C)CC3)c2c1.Cl. The fourth-order valence-electron chi connectivity index (χ4n) is 2.38. The molecule has 1 aromatic carbocycles. The van der Waals surface area contributed by atoms with Crippen LogP contribution in [0.1, 0.15) is 18.4 Å². The number of halogens is 1. The molecule has 0 atom stereocenters. The van der Waals surface area contributed by atoms with Gasteiger partial charge in [-0.3, -0.25) is 0 Å². The first-order chi connectivity index (χ1) is 8.72. The Morgan fingerprint density at radius 1 is 1.32 bits per heavy atom. The summed E-state index contributed by atoms with van der Waals surface area (Å²) in [6.45, 7) is 4.23. The number of hydrogen-bond donors (Lipinski definition) is 0. The standard InChI is InChI=1S/C14H18N2O2.ClH/c1-10-3-4-13-12(9-10)14(15-18-13)17-11-5-7-16(2)8-6-11;/h3-4,9,11H,5-8H2,1-2H3;1H. The second-order valence-electron chi connectivity index (χ2n) is 5.11. The van der Waals surface area contributed by atoms with Crippen LogP contribution in [0.15, 0.2) is 22.7 Å². The Labute approximate surface area is 119 Å². The summed E-state index contributed by atoms with van der Waals surface area (Å²) in [5.41, 5.74) is 1.99. The fraction of sp³-hybridized carbons (Fsp3) is 0.500. The number of piperidine rings is 1. The molecule has 0 spiro atoms. The van der Waals surface area contributed by atoms with E-state index >= 15 is 0 Å². The van der Waals surface area contributed by atoms with E-state index < -0.39 is 0 Å². The molecule has 0 bridgehead atoms. The van der Waals surface area contributed by atoms with Gasteiger partial charge in [0.15, 0.2) is 5.58 Å². The topological polar surface area (TPSA) is 38.5 Å². The van der Waals surface area contributed by atoms with Gasteiger partial charge in [-0.25, -0.2) is 0 Å². The Morgan fingerprint density at radius 3 is 2.79 bits per heavy atom. The third kappa shape index (κ3) is 3.01. The zero-order valence-corrected chi connectivity index (χ0v) is 12.1. The van der Waals surface area contributed by atoms with Crippen molar-refractivity contribution in [1.29, 1.82) is 0 Å². The summed E-state index contributed by atoms with van der Waals surface area (Å²) in [5, 5.41) is 5.02. The van der Waals surface area contributed by atoms with Crippen molar-refractivity contribution in [2.75, 3.05) is 20.1 Å². The number of aromatic nitrogens is 1. The quantitative estimate of drug-likeness (QED) is 0.849. The molecule has 104 valence electrons. The van der Waals surface area contributed by atoms with Gasteiger partial charge in [0.05, 0.1) is 5.39 Å². The van der Waals surface area contributed by atoms with Crippen LogP contribution in [0.5, 0.6) is 5.88 Å². The Morgan fingerprint density at radius 2 is 2.05 bits per heavy atom. The molecule has 0 saturated carbocycles. The Bertz CT molecular complexity index is 547. The third-order valence-electron chi connectivity index (χ3n) is 3.54. The van der Waals surface area contributed by atoms with Gasteiger partial charge in [-0.1, -0.05) is 11.6 Å². The number of fused-ring (bicyclic) bond motifs is 1. The molecular weight excluding hydrogens is 264 g/mol. The molecule has 1 aliphatic rings. The van der Waals surface area contributed by atoms with E-state index in [0.717, 1.165) is 36.9 Å². The van der Waals surface area contributed by atoms with Gasteiger partial charge in [-0.05, 0) is 44.1 Å². The predicted molar refractivity (Wildman–Crippen MR) is 77.1 cm³/mol. The zero-order valence-electron chi connectivity index (χ0n) is 11.3. The second-order valence-corrected chi connectivity index (χ2v) is 5.11. The van der Waals surface area contributed by atoms with E-state index in [1.54, 1.807) is 0 Å². The van der Waals surface area contributed by atoms with Gasteiger partial charge in [-0.2, -0.15) is 0 Å². The van der Waals surface area contributed by atoms with Gasteiger partial charge < -0.3 is 14.2 Å². The number of hydrogen-bond acceptors (Lipinski definition) is 4. The molecule has 1 aliphatic heterocycles. The minimum atomic E-state index is 0. The molecule has 0 radical (unpaired) electrons. The maximum Gasteiger partial charge on any atom is 0.262 e. The molecule has 0 N–H and O–H groups in total. The van der Waals surface area contributed by atoms with E-state index in [0.29, 0.717) is 5.88 Å². The molecule has 19 heavy (non-hydrogen) atoms. The molecule has 1 saturated heterocycles. The van der Waals surface area contributed by atoms with Crippen LogP contribution in [-0.2, 0) is 0 Å². The van der Waals surface area contributed by atoms with Gasteiger partial charge in [-0.15, -0.1) is 12.4 Å². The third-order valence-corrected chi connectivity index (χ3v) is 3.54. The van der Waals surface area contributed by atoms with Crippen LogP contribution in [0.25, 0.3) is 11.0 Å². The molecule has 2 aromatic rings. The van der Waals surface area contributed by atoms with E-state index in [2.05, 4.69) is 30.1 Å². The number of nitrogens with zero attached hydrogens (tertiary/aromatic N) is 2. The lowest BCUT2D eigenvalue weighted by atomic mass is 10.1. The highest BCUT2D eigenvalue weighted by Gasteiger charge is 2.20. The summed E-state index contributed by atoms with van der Waals surface area (Å²) in [7, 11) is 2.14. The Balaban J connectivity index is 0.00000133. The van der Waals surface area contributed by atoms with Crippen LogP contribution < -0.4 is 4.74 Å². The molecule has 2 heterocycles. The lowest BCUT2D eigenvalue weighted by molar-refractivity contribution is 0.107. The summed E-state index contributed by atoms with van der Waals surface area (Å²) < 4.78 is 11.3. The van der Waals surface area contributed by atoms with Crippen LogP contribution in [0, 0.1) is 6.92 Å². The highest BCUT2D eigenvalue weighted by molar-refractivity contribution is 5.85. The van der Waals surface area contributed by atoms with E-state index in [1.807, 2.05) is 12.1 Å². The van der Waals surface area contributed by atoms with E-state index in [4.69, 9.17) is 9.26 Å². The average Bonchev–Trinajstić information content (AvgIpc) is 2.75. The van der Waals surface area contributed by atoms with Crippen molar-refractivity contribution in [3.05, 3.63) is 23.8 Å². The Kier molecular flexibility index (Phi) is 4.32. The van der Waals surface area contributed by atoms with Gasteiger partial charge in [0.25, 0.3) is 5.88 Å². The van der Waals surface area contributed by atoms with Crippen LogP contribution >= 0.6 is 12.4 Å². The number of ether oxygens (including phenoxy) is 1. The number of rotatable bonds is 2. The van der Waals surface area contributed by atoms with Crippen molar-refractivity contribution in [2.24, 2.45) is 0 Å². The van der Waals surface area contributed by atoms with Crippen molar-refractivity contribution >= 4 is 23.4 Å². The van der Waals surface area contributed by atoms with Gasteiger partial charge in [0.1, 0.15) is 6.10 Å². The molecule has 1 aromatic heterocycles. The molecular formula is C14H19ClN2O2. The molecule has 3 rings (SSSR count). The van der Waals surface area contributed by atoms with Gasteiger partial charge in [0, 0.05) is 13.1 Å². The number of aryl methyl sites for hydroxylation is 1. The van der Waals surface area contributed by atoms with E-state index in [-0.39, 0.29) is 18.5 Å². The fourth-order valence-corrected chi connectivity index (χ4v) is 2.38. The molecule has 0 unspecified atom stereocenters. The molecule has 1 fully saturated rings. The smallest absolute Gasteiger partial charge is 0.262 e. The van der Waals surface area contributed by atoms with Gasteiger partial charge >= 0.3 is 0 Å². The highest BCUT2D eigenvalue weighted by Crippen LogP contribution is 2.28. The first-order valence-electron chi connectivity index (χ1n) is 6.43. The second kappa shape index (κ2) is 5.80. The van der Waals surface area contributed by atoms with Crippen LogP contribution in [-0.4, -0.2) is 36.3 Å². The van der Waals surface area contributed by atoms with Crippen molar-refractivity contribution < 1.29 is 9.26 Å². The van der Waals surface area contributed by atoms with Crippen LogP contribution in [0.3, 0.4) is 0 Å². The lowest BCUT2D eigenvalue weighted by Crippen LogP contribution is -2.35.